The number of rotatable bonds is 20. The van der Waals surface area contributed by atoms with Gasteiger partial charge in [-0.1, -0.05) is 62.7 Å². The number of esters is 1. The SMILES string of the molecule is CC(=O)OCc1ccc(NC(=O)CNC(=O)[C@H](Cc2ccccc2)NC(=O)CNC(=O)CNC(=O)CCCCCN2C(=O)CC(C(C)C)C2=O)cc1. The average molecular weight is 721 g/mol. The van der Waals surface area contributed by atoms with Gasteiger partial charge in [0.1, 0.15) is 12.6 Å². The fraction of sp³-hybridized carbons (Fsp3) is 0.459. The zero-order valence-electron chi connectivity index (χ0n) is 29.8. The molecule has 1 aliphatic heterocycles. The van der Waals surface area contributed by atoms with Crippen LogP contribution >= 0.6 is 0 Å². The topological polar surface area (TPSA) is 209 Å². The van der Waals surface area contributed by atoms with Crippen molar-refractivity contribution >= 4 is 53.0 Å². The maximum atomic E-state index is 13.1. The van der Waals surface area contributed by atoms with E-state index in [1.807, 2.05) is 19.9 Å². The number of likely N-dealkylation sites (tertiary alicyclic amines) is 1. The molecule has 0 aliphatic carbocycles. The molecule has 1 heterocycles. The number of hydrogen-bond donors (Lipinski definition) is 5. The number of nitrogens with zero attached hydrogens (tertiary/aromatic N) is 1. The van der Waals surface area contributed by atoms with Gasteiger partial charge in [-0.05, 0) is 42.0 Å². The Kier molecular flexibility index (Phi) is 16.4. The van der Waals surface area contributed by atoms with Gasteiger partial charge in [0.25, 0.3) is 0 Å². The van der Waals surface area contributed by atoms with E-state index in [0.29, 0.717) is 31.5 Å². The van der Waals surface area contributed by atoms with Crippen LogP contribution in [0.5, 0.6) is 0 Å². The predicted octanol–water partition coefficient (Wildman–Crippen LogP) is 1.36. The standard InChI is InChI=1S/C37H48N6O9/c1-24(2)29-19-35(49)43(37(29)51)17-9-5-8-12-31(45)38-20-32(46)39-21-34(48)42-30(18-26-10-6-4-7-11-26)36(50)40-22-33(47)41-28-15-13-27(14-16-28)23-52-25(3)44/h4,6-7,10-11,13-16,24,29-30H,5,8-9,12,17-23H2,1-3H3,(H,38,45)(H,39,46)(H,40,50)(H,41,47)(H,42,48)/t29?,30-/m0/s1. The molecule has 2 aromatic carbocycles. The minimum absolute atomic E-state index is 0.102. The summed E-state index contributed by atoms with van der Waals surface area (Å²) in [4.78, 5) is 99.7. The Labute approximate surface area is 303 Å². The van der Waals surface area contributed by atoms with Gasteiger partial charge in [-0.15, -0.1) is 0 Å². The summed E-state index contributed by atoms with van der Waals surface area (Å²) in [6, 6.07) is 14.5. The Morgan fingerprint density at radius 2 is 1.42 bits per heavy atom. The summed E-state index contributed by atoms with van der Waals surface area (Å²) < 4.78 is 4.94. The first-order valence-electron chi connectivity index (χ1n) is 17.3. The Hall–Kier alpha value is -5.60. The van der Waals surface area contributed by atoms with Crippen molar-refractivity contribution in [3.63, 3.8) is 0 Å². The highest BCUT2D eigenvalue weighted by Crippen LogP contribution is 2.26. The van der Waals surface area contributed by atoms with Crippen molar-refractivity contribution in [2.24, 2.45) is 11.8 Å². The lowest BCUT2D eigenvalue weighted by molar-refractivity contribution is -0.142. The lowest BCUT2D eigenvalue weighted by atomic mass is 9.94. The van der Waals surface area contributed by atoms with Crippen LogP contribution in [0.4, 0.5) is 5.69 Å². The number of unbranched alkanes of at least 4 members (excludes halogenated alkanes) is 2. The number of ether oxygens (including phenoxy) is 1. The van der Waals surface area contributed by atoms with E-state index in [4.69, 9.17) is 4.74 Å². The van der Waals surface area contributed by atoms with E-state index in [2.05, 4.69) is 26.6 Å². The quantitative estimate of drug-likeness (QED) is 0.0759. The molecule has 1 unspecified atom stereocenters. The van der Waals surface area contributed by atoms with Crippen molar-refractivity contribution in [2.45, 2.75) is 71.9 Å². The van der Waals surface area contributed by atoms with Crippen LogP contribution in [-0.2, 0) is 56.1 Å². The monoisotopic (exact) mass is 720 g/mol. The second-order valence-corrected chi connectivity index (χ2v) is 12.9. The number of carbonyl (C=O) groups excluding carboxylic acids is 8. The summed E-state index contributed by atoms with van der Waals surface area (Å²) in [5, 5.41) is 12.7. The van der Waals surface area contributed by atoms with Crippen molar-refractivity contribution in [1.82, 2.24) is 26.2 Å². The first-order chi connectivity index (χ1) is 24.8. The van der Waals surface area contributed by atoms with E-state index < -0.39 is 42.2 Å². The molecular weight excluding hydrogens is 672 g/mol. The molecule has 1 saturated heterocycles. The second kappa shape index (κ2) is 20.9. The minimum Gasteiger partial charge on any atom is -0.461 e. The molecule has 2 atom stereocenters. The average Bonchev–Trinajstić information content (AvgIpc) is 3.40. The van der Waals surface area contributed by atoms with Gasteiger partial charge in [-0.3, -0.25) is 43.3 Å². The van der Waals surface area contributed by atoms with E-state index in [9.17, 15) is 38.4 Å². The Morgan fingerprint density at radius 1 is 0.769 bits per heavy atom. The maximum absolute atomic E-state index is 13.1. The minimum atomic E-state index is -1.06. The predicted molar refractivity (Wildman–Crippen MR) is 190 cm³/mol. The third kappa shape index (κ3) is 14.3. The summed E-state index contributed by atoms with van der Waals surface area (Å²) in [6.07, 6.45) is 2.24. The van der Waals surface area contributed by atoms with E-state index in [0.717, 1.165) is 11.1 Å². The van der Waals surface area contributed by atoms with Gasteiger partial charge in [0.15, 0.2) is 0 Å². The van der Waals surface area contributed by atoms with Crippen molar-refractivity contribution < 1.29 is 43.1 Å². The molecule has 0 saturated carbocycles. The van der Waals surface area contributed by atoms with Crippen molar-refractivity contribution in [3.05, 3.63) is 65.7 Å². The highest BCUT2D eigenvalue weighted by atomic mass is 16.5. The van der Waals surface area contributed by atoms with Gasteiger partial charge in [0.05, 0.1) is 19.6 Å². The van der Waals surface area contributed by atoms with Gasteiger partial charge in [-0.25, -0.2) is 0 Å². The molecule has 0 spiro atoms. The van der Waals surface area contributed by atoms with Gasteiger partial charge >= 0.3 is 5.97 Å². The molecule has 5 N–H and O–H groups in total. The third-order valence-electron chi connectivity index (χ3n) is 8.30. The van der Waals surface area contributed by atoms with E-state index >= 15 is 0 Å². The normalized spacial score (nSPS) is 14.4. The fourth-order valence-electron chi connectivity index (χ4n) is 5.37. The summed E-state index contributed by atoms with van der Waals surface area (Å²) in [5.41, 5.74) is 1.96. The smallest absolute Gasteiger partial charge is 0.302 e. The lowest BCUT2D eigenvalue weighted by Crippen LogP contribution is -2.52. The summed E-state index contributed by atoms with van der Waals surface area (Å²) >= 11 is 0. The number of nitrogens with one attached hydrogen (secondary N) is 5. The summed E-state index contributed by atoms with van der Waals surface area (Å²) in [6.45, 7) is 4.40. The van der Waals surface area contributed by atoms with Crippen LogP contribution in [0.3, 0.4) is 0 Å². The number of imide groups is 1. The van der Waals surface area contributed by atoms with E-state index in [1.54, 1.807) is 48.5 Å². The summed E-state index contributed by atoms with van der Waals surface area (Å²) in [5.74, 6) is -3.58. The Morgan fingerprint density at radius 3 is 2.08 bits per heavy atom. The van der Waals surface area contributed by atoms with Crippen LogP contribution in [0.1, 0.15) is 64.0 Å². The number of benzene rings is 2. The number of anilines is 1. The zero-order valence-corrected chi connectivity index (χ0v) is 29.8. The van der Waals surface area contributed by atoms with Crippen LogP contribution in [-0.4, -0.2) is 84.4 Å². The molecule has 0 bridgehead atoms. The van der Waals surface area contributed by atoms with Crippen molar-refractivity contribution in [3.8, 4) is 0 Å². The molecule has 15 nitrogen and oxygen atoms in total. The maximum Gasteiger partial charge on any atom is 0.302 e. The Bertz CT molecular complexity index is 1580. The van der Waals surface area contributed by atoms with Gasteiger partial charge in [-0.2, -0.15) is 0 Å². The first-order valence-corrected chi connectivity index (χ1v) is 17.3. The molecule has 15 heteroatoms. The van der Waals surface area contributed by atoms with Crippen LogP contribution in [0, 0.1) is 11.8 Å². The molecule has 2 aromatic rings. The number of amides is 7. The number of carbonyl (C=O) groups is 8. The molecule has 0 radical (unpaired) electrons. The van der Waals surface area contributed by atoms with Crippen LogP contribution in [0.15, 0.2) is 54.6 Å². The molecule has 3 rings (SSSR count). The second-order valence-electron chi connectivity index (χ2n) is 12.9. The zero-order chi connectivity index (χ0) is 38.0. The molecule has 1 fully saturated rings. The third-order valence-corrected chi connectivity index (χ3v) is 8.30. The summed E-state index contributed by atoms with van der Waals surface area (Å²) in [7, 11) is 0. The Balaban J connectivity index is 1.37. The van der Waals surface area contributed by atoms with Gasteiger partial charge < -0.3 is 31.3 Å². The molecule has 280 valence electrons. The number of hydrogen-bond acceptors (Lipinski definition) is 9. The van der Waals surface area contributed by atoms with Gasteiger partial charge in [0.2, 0.25) is 41.4 Å². The molecular formula is C37H48N6O9. The van der Waals surface area contributed by atoms with E-state index in [1.165, 1.54) is 11.8 Å². The van der Waals surface area contributed by atoms with E-state index in [-0.39, 0.29) is 68.5 Å². The van der Waals surface area contributed by atoms with Crippen LogP contribution < -0.4 is 26.6 Å². The van der Waals surface area contributed by atoms with Crippen LogP contribution in [0.25, 0.3) is 0 Å². The first kappa shape index (κ1) is 40.8. The lowest BCUT2D eigenvalue weighted by Gasteiger charge is -2.19. The molecule has 0 aromatic heterocycles. The fourth-order valence-corrected chi connectivity index (χ4v) is 5.37. The van der Waals surface area contributed by atoms with Gasteiger partial charge in [0, 0.05) is 44.3 Å². The molecule has 7 amide bonds. The van der Waals surface area contributed by atoms with Crippen molar-refractivity contribution in [2.75, 3.05) is 31.5 Å². The van der Waals surface area contributed by atoms with Crippen LogP contribution in [0.2, 0.25) is 0 Å². The highest BCUT2D eigenvalue weighted by molar-refractivity contribution is 6.03. The highest BCUT2D eigenvalue weighted by Gasteiger charge is 2.39. The van der Waals surface area contributed by atoms with Crippen molar-refractivity contribution in [1.29, 1.82) is 0 Å². The molecule has 1 aliphatic rings. The molecule has 52 heavy (non-hydrogen) atoms. The largest absolute Gasteiger partial charge is 0.461 e.